The van der Waals surface area contributed by atoms with Crippen molar-refractivity contribution in [2.75, 3.05) is 11.5 Å². The second-order valence-electron chi connectivity index (χ2n) is 2.33. The Morgan fingerprint density at radius 3 is 2.85 bits per heavy atom. The van der Waals surface area contributed by atoms with Crippen molar-refractivity contribution in [2.45, 2.75) is 4.90 Å². The third-order valence-corrected chi connectivity index (χ3v) is 3.16. The van der Waals surface area contributed by atoms with Crippen LogP contribution in [0.4, 0.5) is 5.69 Å². The Bertz CT molecular complexity index is 386. The Labute approximate surface area is 87.1 Å². The van der Waals surface area contributed by atoms with Crippen LogP contribution < -0.4 is 5.73 Å². The van der Waals surface area contributed by atoms with Gasteiger partial charge in [-0.3, -0.25) is 4.21 Å². The van der Waals surface area contributed by atoms with Crippen LogP contribution in [0.2, 0.25) is 0 Å². The zero-order chi connectivity index (χ0) is 9.84. The van der Waals surface area contributed by atoms with E-state index < -0.39 is 10.8 Å². The summed E-state index contributed by atoms with van der Waals surface area (Å²) in [4.78, 5) is 0.518. The highest BCUT2D eigenvalue weighted by atomic mass is 79.9. The van der Waals surface area contributed by atoms with Gasteiger partial charge in [0.05, 0.1) is 21.8 Å². The number of hydrogen-bond acceptors (Lipinski definition) is 3. The Hall–Kier alpha value is -0.860. The molecule has 0 saturated carbocycles. The van der Waals surface area contributed by atoms with E-state index in [0.717, 1.165) is 4.47 Å². The second kappa shape index (κ2) is 4.40. The summed E-state index contributed by atoms with van der Waals surface area (Å²) in [6.45, 7) is 0. The molecule has 2 N–H and O–H groups in total. The molecule has 0 aliphatic rings. The third kappa shape index (κ3) is 2.54. The lowest BCUT2D eigenvalue weighted by molar-refractivity contribution is 0.685. The molecule has 0 amide bonds. The van der Waals surface area contributed by atoms with Crippen molar-refractivity contribution >= 4 is 32.4 Å². The third-order valence-electron chi connectivity index (χ3n) is 1.41. The number of nitrogen functional groups attached to an aromatic ring is 1. The van der Waals surface area contributed by atoms with Crippen molar-refractivity contribution in [3.63, 3.8) is 0 Å². The molecule has 0 bridgehead atoms. The summed E-state index contributed by atoms with van der Waals surface area (Å²) in [5.74, 6) is -0.0220. The van der Waals surface area contributed by atoms with Crippen LogP contribution in [-0.4, -0.2) is 9.96 Å². The van der Waals surface area contributed by atoms with E-state index in [0.29, 0.717) is 10.6 Å². The van der Waals surface area contributed by atoms with E-state index in [-0.39, 0.29) is 5.75 Å². The molecule has 13 heavy (non-hydrogen) atoms. The summed E-state index contributed by atoms with van der Waals surface area (Å²) >= 11 is 3.24. The summed E-state index contributed by atoms with van der Waals surface area (Å²) in [6.07, 6.45) is 0. The molecule has 1 unspecified atom stereocenters. The van der Waals surface area contributed by atoms with Crippen molar-refractivity contribution in [3.8, 4) is 6.07 Å². The van der Waals surface area contributed by atoms with E-state index in [1.807, 2.05) is 6.07 Å². The second-order valence-corrected chi connectivity index (χ2v) is 4.67. The molecule has 1 atom stereocenters. The topological polar surface area (TPSA) is 66.9 Å². The van der Waals surface area contributed by atoms with Gasteiger partial charge in [0.15, 0.2) is 0 Å². The molecule has 0 aromatic heterocycles. The Morgan fingerprint density at radius 2 is 2.31 bits per heavy atom. The van der Waals surface area contributed by atoms with Gasteiger partial charge in [-0.1, -0.05) is 15.9 Å². The first-order valence-corrected chi connectivity index (χ1v) is 5.56. The number of nitrogens with two attached hydrogens (primary N) is 1. The number of halogens is 1. The normalized spacial score (nSPS) is 12.0. The Kier molecular flexibility index (Phi) is 3.46. The fourth-order valence-corrected chi connectivity index (χ4v) is 2.06. The van der Waals surface area contributed by atoms with Gasteiger partial charge in [-0.15, -0.1) is 0 Å². The zero-order valence-corrected chi connectivity index (χ0v) is 9.06. The van der Waals surface area contributed by atoms with Crippen LogP contribution in [0.1, 0.15) is 0 Å². The summed E-state index contributed by atoms with van der Waals surface area (Å²) in [6, 6.07) is 6.92. The Morgan fingerprint density at radius 1 is 1.62 bits per heavy atom. The largest absolute Gasteiger partial charge is 0.398 e. The molecular weight excluding hydrogens is 252 g/mol. The minimum Gasteiger partial charge on any atom is -0.398 e. The average molecular weight is 259 g/mol. The monoisotopic (exact) mass is 258 g/mol. The highest BCUT2D eigenvalue weighted by Gasteiger charge is 2.06. The molecule has 1 aromatic carbocycles. The predicted octanol–water partition coefficient (Wildman–Crippen LogP) is 1.66. The van der Waals surface area contributed by atoms with E-state index in [1.165, 1.54) is 0 Å². The molecule has 68 valence electrons. The quantitative estimate of drug-likeness (QED) is 0.821. The molecule has 0 saturated heterocycles. The van der Waals surface area contributed by atoms with Crippen LogP contribution in [0, 0.1) is 11.3 Å². The van der Waals surface area contributed by atoms with E-state index in [2.05, 4.69) is 15.9 Å². The Balaban J connectivity index is 3.03. The minimum atomic E-state index is -1.31. The van der Waals surface area contributed by atoms with Crippen LogP contribution in [0.5, 0.6) is 0 Å². The number of benzene rings is 1. The van der Waals surface area contributed by atoms with Gasteiger partial charge in [-0.2, -0.15) is 5.26 Å². The van der Waals surface area contributed by atoms with E-state index in [4.69, 9.17) is 11.0 Å². The van der Waals surface area contributed by atoms with Crippen LogP contribution in [0.15, 0.2) is 27.6 Å². The van der Waals surface area contributed by atoms with Gasteiger partial charge in [-0.25, -0.2) is 0 Å². The molecule has 3 nitrogen and oxygen atoms in total. The van der Waals surface area contributed by atoms with E-state index in [1.54, 1.807) is 18.2 Å². The average Bonchev–Trinajstić information content (AvgIpc) is 2.04. The number of nitriles is 1. The molecule has 0 fully saturated rings. The molecule has 0 heterocycles. The van der Waals surface area contributed by atoms with Crippen LogP contribution in [-0.2, 0) is 10.8 Å². The summed E-state index contributed by atoms with van der Waals surface area (Å²) < 4.78 is 12.2. The molecule has 0 spiro atoms. The standard InChI is InChI=1S/C8H7BrN2OS/c9-6-1-2-8(7(11)5-6)13(12)4-3-10/h1-2,5H,4,11H2. The predicted molar refractivity (Wildman–Crippen MR) is 55.4 cm³/mol. The lowest BCUT2D eigenvalue weighted by Gasteiger charge is -2.02. The fourth-order valence-electron chi connectivity index (χ4n) is 0.863. The maximum atomic E-state index is 11.4. The van der Waals surface area contributed by atoms with Gasteiger partial charge in [0.1, 0.15) is 5.75 Å². The van der Waals surface area contributed by atoms with Crippen molar-refractivity contribution in [3.05, 3.63) is 22.7 Å². The van der Waals surface area contributed by atoms with Gasteiger partial charge in [-0.05, 0) is 18.2 Å². The smallest absolute Gasteiger partial charge is 0.115 e. The van der Waals surface area contributed by atoms with Crippen molar-refractivity contribution in [2.24, 2.45) is 0 Å². The number of anilines is 1. The molecule has 1 rings (SSSR count). The first-order valence-electron chi connectivity index (χ1n) is 3.45. The maximum Gasteiger partial charge on any atom is 0.115 e. The number of hydrogen-bond donors (Lipinski definition) is 1. The van der Waals surface area contributed by atoms with Gasteiger partial charge in [0.25, 0.3) is 0 Å². The van der Waals surface area contributed by atoms with Gasteiger partial charge in [0, 0.05) is 10.2 Å². The lowest BCUT2D eigenvalue weighted by Crippen LogP contribution is -2.00. The summed E-state index contributed by atoms with van der Waals surface area (Å²) in [5, 5.41) is 8.35. The highest BCUT2D eigenvalue weighted by molar-refractivity contribution is 9.10. The van der Waals surface area contributed by atoms with Crippen LogP contribution in [0.25, 0.3) is 0 Å². The molecule has 0 radical (unpaired) electrons. The van der Waals surface area contributed by atoms with Gasteiger partial charge >= 0.3 is 0 Å². The first kappa shape index (κ1) is 10.2. The zero-order valence-electron chi connectivity index (χ0n) is 6.66. The van der Waals surface area contributed by atoms with Crippen molar-refractivity contribution < 1.29 is 4.21 Å². The molecular formula is C8H7BrN2OS. The first-order chi connectivity index (χ1) is 6.15. The molecule has 0 aliphatic heterocycles. The van der Waals surface area contributed by atoms with E-state index in [9.17, 15) is 4.21 Å². The lowest BCUT2D eigenvalue weighted by atomic mass is 10.3. The van der Waals surface area contributed by atoms with Crippen molar-refractivity contribution in [1.82, 2.24) is 0 Å². The minimum absolute atomic E-state index is 0.0220. The molecule has 5 heteroatoms. The van der Waals surface area contributed by atoms with Crippen LogP contribution >= 0.6 is 15.9 Å². The number of nitrogens with zero attached hydrogens (tertiary/aromatic N) is 1. The SMILES string of the molecule is N#CCS(=O)c1ccc(Br)cc1N. The summed E-state index contributed by atoms with van der Waals surface area (Å²) in [5.41, 5.74) is 6.07. The molecule has 0 aliphatic carbocycles. The fraction of sp³-hybridized carbons (Fsp3) is 0.125. The van der Waals surface area contributed by atoms with Gasteiger partial charge < -0.3 is 5.73 Å². The van der Waals surface area contributed by atoms with E-state index >= 15 is 0 Å². The number of rotatable bonds is 2. The summed E-state index contributed by atoms with van der Waals surface area (Å²) in [7, 11) is -1.31. The highest BCUT2D eigenvalue weighted by Crippen LogP contribution is 2.21. The maximum absolute atomic E-state index is 11.4. The van der Waals surface area contributed by atoms with Gasteiger partial charge in [0.2, 0.25) is 0 Å². The van der Waals surface area contributed by atoms with Crippen LogP contribution in [0.3, 0.4) is 0 Å². The van der Waals surface area contributed by atoms with Crippen molar-refractivity contribution in [1.29, 1.82) is 5.26 Å². The molecule has 1 aromatic rings.